The molecule has 1 fully saturated rings. The lowest BCUT2D eigenvalue weighted by Gasteiger charge is -2.41. The first kappa shape index (κ1) is 23.2. The summed E-state index contributed by atoms with van der Waals surface area (Å²) in [4.78, 5) is 0.778. The molecular weight excluding hydrogens is 515 g/mol. The van der Waals surface area contributed by atoms with Crippen LogP contribution in [0.3, 0.4) is 0 Å². The highest BCUT2D eigenvalue weighted by atomic mass is 79.9. The number of aliphatic hydroxyl groups is 3. The highest BCUT2D eigenvalue weighted by molar-refractivity contribution is 9.10. The predicted octanol–water partition coefficient (Wildman–Crippen LogP) is 2.90. The smallest absolute Gasteiger partial charge is 0.194 e. The van der Waals surface area contributed by atoms with E-state index in [1.165, 1.54) is 18.0 Å². The Morgan fingerprint density at radius 3 is 2.34 bits per heavy atom. The van der Waals surface area contributed by atoms with Crippen LogP contribution >= 0.6 is 27.7 Å². The van der Waals surface area contributed by atoms with Gasteiger partial charge in [0, 0.05) is 14.9 Å². The van der Waals surface area contributed by atoms with E-state index in [0.29, 0.717) is 0 Å². The molecule has 32 heavy (non-hydrogen) atoms. The lowest BCUT2D eigenvalue weighted by molar-refractivity contribution is -0.178. The molecule has 0 aliphatic carbocycles. The molecule has 0 radical (unpaired) electrons. The Morgan fingerprint density at radius 1 is 1.06 bits per heavy atom. The number of aliphatic hydroxyl groups excluding tert-OH is 3. The maximum Gasteiger partial charge on any atom is 0.194 e. The summed E-state index contributed by atoms with van der Waals surface area (Å²) < 4.78 is 48.1. The van der Waals surface area contributed by atoms with E-state index >= 15 is 0 Å². The maximum absolute atomic E-state index is 13.6. The number of benzene rings is 2. The van der Waals surface area contributed by atoms with E-state index in [0.717, 1.165) is 26.2 Å². The highest BCUT2D eigenvalue weighted by Gasteiger charge is 2.46. The van der Waals surface area contributed by atoms with E-state index in [1.54, 1.807) is 0 Å². The van der Waals surface area contributed by atoms with E-state index < -0.39 is 53.8 Å². The maximum atomic E-state index is 13.6. The molecule has 12 heteroatoms. The molecule has 1 saturated heterocycles. The zero-order valence-corrected chi connectivity index (χ0v) is 18.5. The molecule has 0 saturated carbocycles. The van der Waals surface area contributed by atoms with Crippen LogP contribution in [0.4, 0.5) is 13.2 Å². The quantitative estimate of drug-likeness (QED) is 0.435. The highest BCUT2D eigenvalue weighted by Crippen LogP contribution is 2.38. The van der Waals surface area contributed by atoms with Crippen molar-refractivity contribution in [2.45, 2.75) is 34.7 Å². The van der Waals surface area contributed by atoms with Crippen LogP contribution in [0.25, 0.3) is 11.3 Å². The molecule has 1 aliphatic rings. The molecule has 4 rings (SSSR count). The van der Waals surface area contributed by atoms with Crippen molar-refractivity contribution in [2.75, 3.05) is 6.61 Å². The van der Waals surface area contributed by atoms with Crippen LogP contribution in [0, 0.1) is 17.5 Å². The van der Waals surface area contributed by atoms with Crippen LogP contribution in [0.5, 0.6) is 0 Å². The number of nitrogens with zero attached hydrogens (tertiary/aromatic N) is 3. The fourth-order valence-electron chi connectivity index (χ4n) is 3.38. The summed E-state index contributed by atoms with van der Waals surface area (Å²) in [5, 5.41) is 39.0. The normalized spacial score (nSPS) is 25.8. The Balaban J connectivity index is 1.63. The van der Waals surface area contributed by atoms with Gasteiger partial charge in [-0.15, -0.1) is 5.10 Å². The molecular formula is C20H17BrF3N3O4S. The minimum atomic E-state index is -1.60. The Labute approximate surface area is 193 Å². The average molecular weight is 532 g/mol. The fraction of sp³-hybridized carbons (Fsp3) is 0.300. The van der Waals surface area contributed by atoms with Gasteiger partial charge in [0.25, 0.3) is 0 Å². The molecule has 5 atom stereocenters. The minimum Gasteiger partial charge on any atom is -0.394 e. The van der Waals surface area contributed by atoms with E-state index in [4.69, 9.17) is 4.74 Å². The summed E-state index contributed by atoms with van der Waals surface area (Å²) in [6.45, 7) is -0.516. The Kier molecular flexibility index (Phi) is 6.89. The first-order valence-electron chi connectivity index (χ1n) is 9.40. The van der Waals surface area contributed by atoms with Crippen molar-refractivity contribution < 1.29 is 33.2 Å². The fourth-order valence-corrected chi connectivity index (χ4v) is 4.71. The summed E-state index contributed by atoms with van der Waals surface area (Å²) in [6.07, 6.45) is -2.39. The van der Waals surface area contributed by atoms with Crippen LogP contribution in [-0.4, -0.2) is 60.7 Å². The first-order valence-corrected chi connectivity index (χ1v) is 11.1. The third-order valence-electron chi connectivity index (χ3n) is 5.01. The van der Waals surface area contributed by atoms with Crippen LogP contribution in [0.2, 0.25) is 0 Å². The van der Waals surface area contributed by atoms with Gasteiger partial charge in [-0.3, -0.25) is 0 Å². The van der Waals surface area contributed by atoms with Crippen molar-refractivity contribution in [3.63, 3.8) is 0 Å². The molecule has 0 bridgehead atoms. The van der Waals surface area contributed by atoms with E-state index in [1.807, 2.05) is 24.3 Å². The zero-order valence-electron chi connectivity index (χ0n) is 16.1. The lowest BCUT2D eigenvalue weighted by atomic mass is 9.97. The topological polar surface area (TPSA) is 101 Å². The summed E-state index contributed by atoms with van der Waals surface area (Å²) in [5.41, 5.74) is -0.926. The van der Waals surface area contributed by atoms with Gasteiger partial charge in [-0.2, -0.15) is 0 Å². The molecule has 7 nitrogen and oxygen atoms in total. The number of hydrogen-bond donors (Lipinski definition) is 3. The molecule has 3 aromatic rings. The SMILES string of the molecule is OCC1OC(Sc2ccc(Br)cc2)C(O)C(n2cc(-c3cc(F)c(F)c(F)c3)nn2)C1O. The second-order valence-corrected chi connectivity index (χ2v) is 9.19. The number of ether oxygens (including phenoxy) is 1. The van der Waals surface area contributed by atoms with Gasteiger partial charge in [-0.25, -0.2) is 17.9 Å². The molecule has 1 aliphatic heterocycles. The Bertz CT molecular complexity index is 1080. The van der Waals surface area contributed by atoms with Gasteiger partial charge in [0.2, 0.25) is 0 Å². The second kappa shape index (κ2) is 9.49. The standard InChI is InChI=1S/C20H17BrF3N3O4S/c21-10-1-3-11(4-2-10)32-20-19(30)17(18(29)15(8-28)31-20)27-7-14(25-26-27)9-5-12(22)16(24)13(23)6-9/h1-7,15,17-20,28-30H,8H2. The molecule has 2 heterocycles. The molecule has 170 valence electrons. The molecule has 0 amide bonds. The number of halogens is 4. The molecule has 1 aromatic heterocycles. The number of aromatic nitrogens is 3. The van der Waals surface area contributed by atoms with Gasteiger partial charge in [-0.05, 0) is 36.4 Å². The Morgan fingerprint density at radius 2 is 1.72 bits per heavy atom. The van der Waals surface area contributed by atoms with Gasteiger partial charge >= 0.3 is 0 Å². The summed E-state index contributed by atoms with van der Waals surface area (Å²) in [5.74, 6) is -4.37. The second-order valence-electron chi connectivity index (χ2n) is 7.11. The van der Waals surface area contributed by atoms with Crippen LogP contribution in [0.1, 0.15) is 6.04 Å². The van der Waals surface area contributed by atoms with E-state index in [-0.39, 0.29) is 11.3 Å². The number of hydrogen-bond acceptors (Lipinski definition) is 7. The average Bonchev–Trinajstić information content (AvgIpc) is 3.25. The predicted molar refractivity (Wildman–Crippen MR) is 112 cm³/mol. The summed E-state index contributed by atoms with van der Waals surface area (Å²) >= 11 is 4.54. The van der Waals surface area contributed by atoms with Crippen LogP contribution in [-0.2, 0) is 4.74 Å². The third kappa shape index (κ3) is 4.56. The van der Waals surface area contributed by atoms with Crippen molar-refractivity contribution in [3.05, 3.63) is 64.5 Å². The molecule has 5 unspecified atom stereocenters. The van der Waals surface area contributed by atoms with Gasteiger partial charge in [0.15, 0.2) is 17.5 Å². The molecule has 2 aromatic carbocycles. The lowest BCUT2D eigenvalue weighted by Crippen LogP contribution is -2.55. The van der Waals surface area contributed by atoms with Crippen molar-refractivity contribution in [2.24, 2.45) is 0 Å². The largest absolute Gasteiger partial charge is 0.394 e. The van der Waals surface area contributed by atoms with Gasteiger partial charge < -0.3 is 20.1 Å². The monoisotopic (exact) mass is 531 g/mol. The third-order valence-corrected chi connectivity index (χ3v) is 6.70. The van der Waals surface area contributed by atoms with Crippen molar-refractivity contribution in [3.8, 4) is 11.3 Å². The first-order chi connectivity index (χ1) is 15.3. The summed E-state index contributed by atoms with van der Waals surface area (Å²) in [6, 6.07) is 7.72. The molecule has 3 N–H and O–H groups in total. The van der Waals surface area contributed by atoms with Gasteiger partial charge in [-0.1, -0.05) is 32.9 Å². The van der Waals surface area contributed by atoms with Crippen molar-refractivity contribution in [1.29, 1.82) is 0 Å². The van der Waals surface area contributed by atoms with E-state index in [9.17, 15) is 28.5 Å². The molecule has 0 spiro atoms. The zero-order chi connectivity index (χ0) is 23.0. The number of thioether (sulfide) groups is 1. The van der Waals surface area contributed by atoms with Gasteiger partial charge in [0.05, 0.1) is 12.8 Å². The van der Waals surface area contributed by atoms with Crippen LogP contribution in [0.15, 0.2) is 52.0 Å². The van der Waals surface area contributed by atoms with Crippen molar-refractivity contribution in [1.82, 2.24) is 15.0 Å². The number of rotatable bonds is 5. The van der Waals surface area contributed by atoms with Crippen molar-refractivity contribution >= 4 is 27.7 Å². The van der Waals surface area contributed by atoms with E-state index in [2.05, 4.69) is 26.2 Å². The van der Waals surface area contributed by atoms with Gasteiger partial charge in [0.1, 0.15) is 35.5 Å². The minimum absolute atomic E-state index is 0.00588. The summed E-state index contributed by atoms with van der Waals surface area (Å²) in [7, 11) is 0. The van der Waals surface area contributed by atoms with Crippen LogP contribution < -0.4 is 0 Å². The Hall–Kier alpha value is -1.96.